The summed E-state index contributed by atoms with van der Waals surface area (Å²) in [5, 5.41) is 13.5. The molecule has 1 N–H and O–H groups in total. The Morgan fingerprint density at radius 2 is 1.97 bits per heavy atom. The van der Waals surface area contributed by atoms with E-state index in [0.29, 0.717) is 27.9 Å². The van der Waals surface area contributed by atoms with Gasteiger partial charge in [-0.2, -0.15) is 0 Å². The van der Waals surface area contributed by atoms with Crippen LogP contribution in [0.4, 0.5) is 0 Å². The van der Waals surface area contributed by atoms with E-state index in [2.05, 4.69) is 15.5 Å². The van der Waals surface area contributed by atoms with Gasteiger partial charge in [-0.25, -0.2) is 0 Å². The van der Waals surface area contributed by atoms with Gasteiger partial charge in [-0.15, -0.1) is 10.2 Å². The fraction of sp³-hybridized carbons (Fsp3) is 0.286. The van der Waals surface area contributed by atoms with E-state index in [9.17, 15) is 4.79 Å². The standard InChI is InChI=1S/C21H22Cl2N4OS/c1-4-27-19(14(3)24-20(28)16-7-5-6-13(2)10-16)25-26-21(27)29-12-15-8-9-17(22)18(23)11-15/h5-11,14H,4,12H2,1-3H3,(H,24,28). The lowest BCUT2D eigenvalue weighted by Gasteiger charge is -2.15. The molecule has 0 aliphatic heterocycles. The van der Waals surface area contributed by atoms with Crippen LogP contribution in [0, 0.1) is 6.92 Å². The maximum absolute atomic E-state index is 12.6. The average molecular weight is 449 g/mol. The van der Waals surface area contributed by atoms with Crippen molar-refractivity contribution in [3.8, 4) is 0 Å². The number of amides is 1. The van der Waals surface area contributed by atoms with Gasteiger partial charge in [0, 0.05) is 17.9 Å². The number of aromatic nitrogens is 3. The first-order valence-corrected chi connectivity index (χ1v) is 11.0. The zero-order chi connectivity index (χ0) is 21.0. The molecule has 3 aromatic rings. The molecule has 1 atom stereocenters. The summed E-state index contributed by atoms with van der Waals surface area (Å²) in [5.41, 5.74) is 2.73. The predicted octanol–water partition coefficient (Wildman–Crippen LogP) is 5.70. The molecule has 0 bridgehead atoms. The molecule has 2 aromatic carbocycles. The van der Waals surface area contributed by atoms with Crippen LogP contribution in [0.15, 0.2) is 47.6 Å². The van der Waals surface area contributed by atoms with Crippen LogP contribution in [0.3, 0.4) is 0 Å². The Kier molecular flexibility index (Phi) is 7.22. The van der Waals surface area contributed by atoms with E-state index in [0.717, 1.165) is 22.1 Å². The Morgan fingerprint density at radius 1 is 1.17 bits per heavy atom. The second-order valence-electron chi connectivity index (χ2n) is 6.69. The molecule has 0 aliphatic rings. The van der Waals surface area contributed by atoms with Crippen LogP contribution < -0.4 is 5.32 Å². The first-order valence-electron chi connectivity index (χ1n) is 9.26. The van der Waals surface area contributed by atoms with Crippen LogP contribution in [0.1, 0.15) is 47.2 Å². The number of aryl methyl sites for hydroxylation is 1. The molecule has 0 saturated heterocycles. The lowest BCUT2D eigenvalue weighted by atomic mass is 10.1. The molecule has 1 aromatic heterocycles. The molecule has 3 rings (SSSR count). The van der Waals surface area contributed by atoms with Crippen molar-refractivity contribution in [1.82, 2.24) is 20.1 Å². The van der Waals surface area contributed by atoms with Crippen LogP contribution in [-0.4, -0.2) is 20.7 Å². The van der Waals surface area contributed by atoms with Crippen molar-refractivity contribution in [2.24, 2.45) is 0 Å². The third-order valence-corrected chi connectivity index (χ3v) is 6.21. The molecule has 5 nitrogen and oxygen atoms in total. The molecule has 0 fully saturated rings. The molecule has 0 aliphatic carbocycles. The zero-order valence-corrected chi connectivity index (χ0v) is 18.8. The van der Waals surface area contributed by atoms with Crippen LogP contribution >= 0.6 is 35.0 Å². The minimum atomic E-state index is -0.269. The Labute approximate surface area is 184 Å². The first kappa shape index (κ1) is 21.7. The van der Waals surface area contributed by atoms with E-state index >= 15 is 0 Å². The highest BCUT2D eigenvalue weighted by atomic mass is 35.5. The number of benzene rings is 2. The van der Waals surface area contributed by atoms with Crippen molar-refractivity contribution >= 4 is 40.9 Å². The van der Waals surface area contributed by atoms with Crippen LogP contribution in [0.25, 0.3) is 0 Å². The SMILES string of the molecule is CCn1c(SCc2ccc(Cl)c(Cl)c2)nnc1C(C)NC(=O)c1cccc(C)c1. The Balaban J connectivity index is 1.70. The van der Waals surface area contributed by atoms with Crippen LogP contribution in [-0.2, 0) is 12.3 Å². The van der Waals surface area contributed by atoms with Crippen molar-refractivity contribution in [1.29, 1.82) is 0 Å². The van der Waals surface area contributed by atoms with E-state index in [1.54, 1.807) is 23.9 Å². The number of thioether (sulfide) groups is 1. The third kappa shape index (κ3) is 5.32. The third-order valence-electron chi connectivity index (χ3n) is 4.43. The van der Waals surface area contributed by atoms with Gasteiger partial charge in [0.2, 0.25) is 0 Å². The van der Waals surface area contributed by atoms with Crippen molar-refractivity contribution < 1.29 is 4.79 Å². The second kappa shape index (κ2) is 9.65. The summed E-state index contributed by atoms with van der Waals surface area (Å²) in [4.78, 5) is 12.6. The molecular formula is C21H22Cl2N4OS. The minimum absolute atomic E-state index is 0.128. The topological polar surface area (TPSA) is 59.8 Å². The number of nitrogens with one attached hydrogen (secondary N) is 1. The normalized spacial score (nSPS) is 12.0. The fourth-order valence-electron chi connectivity index (χ4n) is 2.93. The van der Waals surface area contributed by atoms with Gasteiger partial charge in [0.15, 0.2) is 11.0 Å². The van der Waals surface area contributed by atoms with Crippen molar-refractivity contribution in [3.63, 3.8) is 0 Å². The highest BCUT2D eigenvalue weighted by Gasteiger charge is 2.19. The smallest absolute Gasteiger partial charge is 0.251 e. The molecular weight excluding hydrogens is 427 g/mol. The molecule has 0 radical (unpaired) electrons. The number of hydrogen-bond donors (Lipinski definition) is 1. The Morgan fingerprint density at radius 3 is 2.66 bits per heavy atom. The second-order valence-corrected chi connectivity index (χ2v) is 8.44. The van der Waals surface area contributed by atoms with Gasteiger partial charge in [0.1, 0.15) is 0 Å². The average Bonchev–Trinajstić information content (AvgIpc) is 3.12. The maximum Gasteiger partial charge on any atom is 0.251 e. The lowest BCUT2D eigenvalue weighted by molar-refractivity contribution is 0.0937. The number of hydrogen-bond acceptors (Lipinski definition) is 4. The predicted molar refractivity (Wildman–Crippen MR) is 119 cm³/mol. The van der Waals surface area contributed by atoms with Gasteiger partial charge < -0.3 is 9.88 Å². The molecule has 29 heavy (non-hydrogen) atoms. The Hall–Kier alpha value is -2.02. The largest absolute Gasteiger partial charge is 0.342 e. The van der Waals surface area contributed by atoms with Gasteiger partial charge in [0.05, 0.1) is 16.1 Å². The number of nitrogens with zero attached hydrogens (tertiary/aromatic N) is 3. The summed E-state index contributed by atoms with van der Waals surface area (Å²) >= 11 is 13.6. The lowest BCUT2D eigenvalue weighted by Crippen LogP contribution is -2.28. The molecule has 0 saturated carbocycles. The minimum Gasteiger partial charge on any atom is -0.342 e. The summed E-state index contributed by atoms with van der Waals surface area (Å²) in [5.74, 6) is 1.29. The molecule has 1 unspecified atom stereocenters. The summed E-state index contributed by atoms with van der Waals surface area (Å²) in [6.07, 6.45) is 0. The van der Waals surface area contributed by atoms with Crippen molar-refractivity contribution in [2.45, 2.75) is 44.3 Å². The van der Waals surface area contributed by atoms with E-state index in [-0.39, 0.29) is 11.9 Å². The fourth-order valence-corrected chi connectivity index (χ4v) is 4.21. The molecule has 1 heterocycles. The van der Waals surface area contributed by atoms with Crippen LogP contribution in [0.5, 0.6) is 0 Å². The van der Waals surface area contributed by atoms with Crippen LogP contribution in [0.2, 0.25) is 10.0 Å². The van der Waals surface area contributed by atoms with E-state index in [4.69, 9.17) is 23.2 Å². The summed E-state index contributed by atoms with van der Waals surface area (Å²) in [6, 6.07) is 12.8. The summed E-state index contributed by atoms with van der Waals surface area (Å²) in [7, 11) is 0. The molecule has 8 heteroatoms. The van der Waals surface area contributed by atoms with E-state index < -0.39 is 0 Å². The molecule has 0 spiro atoms. The van der Waals surface area contributed by atoms with E-state index in [1.165, 1.54) is 0 Å². The Bertz CT molecular complexity index is 1020. The van der Waals surface area contributed by atoms with Crippen molar-refractivity contribution in [2.75, 3.05) is 0 Å². The van der Waals surface area contributed by atoms with Gasteiger partial charge >= 0.3 is 0 Å². The highest BCUT2D eigenvalue weighted by Crippen LogP contribution is 2.28. The first-order chi connectivity index (χ1) is 13.9. The molecule has 152 valence electrons. The number of carbonyl (C=O) groups excluding carboxylic acids is 1. The van der Waals surface area contributed by atoms with Crippen molar-refractivity contribution in [3.05, 3.63) is 75.0 Å². The summed E-state index contributed by atoms with van der Waals surface area (Å²) in [6.45, 7) is 6.62. The van der Waals surface area contributed by atoms with Gasteiger partial charge in [-0.3, -0.25) is 4.79 Å². The molecule has 1 amide bonds. The maximum atomic E-state index is 12.6. The monoisotopic (exact) mass is 448 g/mol. The number of halogens is 2. The van der Waals surface area contributed by atoms with E-state index in [1.807, 2.05) is 55.7 Å². The zero-order valence-electron chi connectivity index (χ0n) is 16.4. The quantitative estimate of drug-likeness (QED) is 0.471. The number of rotatable bonds is 7. The van der Waals surface area contributed by atoms with Gasteiger partial charge in [-0.1, -0.05) is 58.7 Å². The summed E-state index contributed by atoms with van der Waals surface area (Å²) < 4.78 is 2.02. The van der Waals surface area contributed by atoms with Gasteiger partial charge in [0.25, 0.3) is 5.91 Å². The van der Waals surface area contributed by atoms with Gasteiger partial charge in [-0.05, 0) is 50.6 Å². The highest BCUT2D eigenvalue weighted by molar-refractivity contribution is 7.98. The number of carbonyl (C=O) groups is 1.